The first-order chi connectivity index (χ1) is 16.9. The van der Waals surface area contributed by atoms with Crippen molar-refractivity contribution in [1.29, 1.82) is 0 Å². The molecule has 0 radical (unpaired) electrons. The van der Waals surface area contributed by atoms with Crippen LogP contribution in [0.4, 0.5) is 0 Å². The van der Waals surface area contributed by atoms with Gasteiger partial charge in [0.25, 0.3) is 0 Å². The SMILES string of the molecule is C1=C(c2ccccc2)[C@@H]2C=C(c3ccccc3)[C@H]3[C@H]1C3(c1ccccc1)C=C2c1ccccc1. The molecule has 1 unspecified atom stereocenters. The lowest BCUT2D eigenvalue weighted by Gasteiger charge is -2.21. The molecule has 0 nitrogen and oxygen atoms in total. The molecule has 0 heterocycles. The van der Waals surface area contributed by atoms with Crippen LogP contribution < -0.4 is 0 Å². The third kappa shape index (κ3) is 2.85. The summed E-state index contributed by atoms with van der Waals surface area (Å²) >= 11 is 0. The molecule has 4 aliphatic rings. The molecule has 0 N–H and O–H groups in total. The van der Waals surface area contributed by atoms with E-state index in [4.69, 9.17) is 0 Å². The predicted octanol–water partition coefficient (Wildman–Crippen LogP) is 8.06. The van der Waals surface area contributed by atoms with E-state index in [0.717, 1.165) is 0 Å². The molecule has 4 atom stereocenters. The second-order valence-electron chi connectivity index (χ2n) is 9.72. The molecular formula is C34H26. The smallest absolute Gasteiger partial charge is 0.0282 e. The van der Waals surface area contributed by atoms with Crippen LogP contribution in [0.2, 0.25) is 0 Å². The molecule has 0 aliphatic heterocycles. The molecule has 0 saturated heterocycles. The van der Waals surface area contributed by atoms with Crippen molar-refractivity contribution >= 4 is 16.7 Å². The van der Waals surface area contributed by atoms with Gasteiger partial charge in [0.2, 0.25) is 0 Å². The van der Waals surface area contributed by atoms with Crippen LogP contribution in [0, 0.1) is 17.8 Å². The Bertz CT molecular complexity index is 1430. The quantitative estimate of drug-likeness (QED) is 0.305. The van der Waals surface area contributed by atoms with Crippen molar-refractivity contribution in [3.05, 3.63) is 162 Å². The topological polar surface area (TPSA) is 0 Å². The highest BCUT2D eigenvalue weighted by molar-refractivity contribution is 5.94. The fourth-order valence-corrected chi connectivity index (χ4v) is 6.47. The summed E-state index contributed by atoms with van der Waals surface area (Å²) in [6, 6.07) is 44.2. The van der Waals surface area contributed by atoms with Crippen molar-refractivity contribution in [3.8, 4) is 0 Å². The van der Waals surface area contributed by atoms with Crippen molar-refractivity contribution in [1.82, 2.24) is 0 Å². The highest BCUT2D eigenvalue weighted by atomic mass is 14.7. The van der Waals surface area contributed by atoms with Crippen LogP contribution in [-0.2, 0) is 5.41 Å². The van der Waals surface area contributed by atoms with Crippen molar-refractivity contribution in [3.63, 3.8) is 0 Å². The van der Waals surface area contributed by atoms with Gasteiger partial charge >= 0.3 is 0 Å². The van der Waals surface area contributed by atoms with E-state index in [1.54, 1.807) is 0 Å². The van der Waals surface area contributed by atoms with Crippen LogP contribution in [0.15, 0.2) is 140 Å². The average Bonchev–Trinajstić information content (AvgIpc) is 3.64. The Morgan fingerprint density at radius 1 is 0.441 bits per heavy atom. The minimum atomic E-state index is -0.0145. The van der Waals surface area contributed by atoms with E-state index in [2.05, 4.69) is 140 Å². The number of rotatable bonds is 4. The van der Waals surface area contributed by atoms with Crippen LogP contribution in [0.1, 0.15) is 22.3 Å². The van der Waals surface area contributed by atoms with Gasteiger partial charge in [-0.05, 0) is 44.9 Å². The minimum Gasteiger partial charge on any atom is -0.0748 e. The summed E-state index contributed by atoms with van der Waals surface area (Å²) in [6.45, 7) is 0. The Hall–Kier alpha value is -3.90. The molecule has 1 fully saturated rings. The average molecular weight is 435 g/mol. The molecule has 0 heteroatoms. The highest BCUT2D eigenvalue weighted by Crippen LogP contribution is 2.71. The molecule has 0 aromatic heterocycles. The third-order valence-corrected chi connectivity index (χ3v) is 8.02. The van der Waals surface area contributed by atoms with Gasteiger partial charge in [-0.25, -0.2) is 0 Å². The monoisotopic (exact) mass is 434 g/mol. The first-order valence-electron chi connectivity index (χ1n) is 12.2. The summed E-state index contributed by atoms with van der Waals surface area (Å²) in [5, 5.41) is 0. The fraction of sp³-hybridized carbons (Fsp3) is 0.118. The maximum absolute atomic E-state index is 2.64. The molecule has 4 aromatic rings. The number of benzene rings is 4. The lowest BCUT2D eigenvalue weighted by molar-refractivity contribution is 0.813. The van der Waals surface area contributed by atoms with Gasteiger partial charge in [0, 0.05) is 17.3 Å². The van der Waals surface area contributed by atoms with Crippen LogP contribution >= 0.6 is 0 Å². The van der Waals surface area contributed by atoms with Crippen LogP contribution in [0.3, 0.4) is 0 Å². The first kappa shape index (κ1) is 19.6. The van der Waals surface area contributed by atoms with Crippen LogP contribution in [0.25, 0.3) is 16.7 Å². The standard InChI is InChI=1S/C34H26/c1-5-13-24(14-6-1)28-22-32-33-29(25-15-7-2-8-16-25)21-30(28)31(26-17-9-3-10-18-26)23-34(32,33)27-19-11-4-12-20-27/h1-23,30,32-33H/t30-,32-,33-,34?/m0/s1. The van der Waals surface area contributed by atoms with Crippen LogP contribution in [-0.4, -0.2) is 0 Å². The molecule has 4 bridgehead atoms. The van der Waals surface area contributed by atoms with Gasteiger partial charge in [0.15, 0.2) is 0 Å². The summed E-state index contributed by atoms with van der Waals surface area (Å²) in [4.78, 5) is 0. The van der Waals surface area contributed by atoms with E-state index >= 15 is 0 Å². The molecule has 0 spiro atoms. The Kier molecular flexibility index (Phi) is 4.35. The molecule has 1 saturated carbocycles. The van der Waals surface area contributed by atoms with E-state index < -0.39 is 0 Å². The Balaban J connectivity index is 1.54. The summed E-state index contributed by atoms with van der Waals surface area (Å²) in [6.07, 6.45) is 7.82. The summed E-state index contributed by atoms with van der Waals surface area (Å²) < 4.78 is 0. The molecule has 4 aliphatic carbocycles. The molecule has 4 aromatic carbocycles. The van der Waals surface area contributed by atoms with Gasteiger partial charge in [-0.1, -0.05) is 140 Å². The van der Waals surface area contributed by atoms with Crippen molar-refractivity contribution in [2.75, 3.05) is 0 Å². The van der Waals surface area contributed by atoms with E-state index in [9.17, 15) is 0 Å². The van der Waals surface area contributed by atoms with E-state index in [0.29, 0.717) is 11.8 Å². The molecular weight excluding hydrogens is 408 g/mol. The normalized spacial score (nSPS) is 26.6. The van der Waals surface area contributed by atoms with E-state index in [-0.39, 0.29) is 11.3 Å². The molecule has 0 amide bonds. The zero-order valence-electron chi connectivity index (χ0n) is 19.0. The molecule has 34 heavy (non-hydrogen) atoms. The Labute approximate surface area is 201 Å². The maximum atomic E-state index is 2.64. The second-order valence-corrected chi connectivity index (χ2v) is 9.72. The maximum Gasteiger partial charge on any atom is 0.0282 e. The van der Waals surface area contributed by atoms with Gasteiger partial charge in [0.05, 0.1) is 0 Å². The van der Waals surface area contributed by atoms with Crippen molar-refractivity contribution in [2.24, 2.45) is 17.8 Å². The number of hydrogen-bond donors (Lipinski definition) is 0. The Morgan fingerprint density at radius 2 is 0.912 bits per heavy atom. The number of allylic oxidation sites excluding steroid dienone is 6. The van der Waals surface area contributed by atoms with Gasteiger partial charge in [-0.2, -0.15) is 0 Å². The summed E-state index contributed by atoms with van der Waals surface area (Å²) in [5.41, 5.74) is 9.76. The molecule has 8 rings (SSSR count). The second kappa shape index (κ2) is 7.57. The Morgan fingerprint density at radius 3 is 1.47 bits per heavy atom. The van der Waals surface area contributed by atoms with E-state index in [1.807, 2.05) is 0 Å². The first-order valence-corrected chi connectivity index (χ1v) is 12.2. The summed E-state index contributed by atoms with van der Waals surface area (Å²) in [5.74, 6) is 1.12. The summed E-state index contributed by atoms with van der Waals surface area (Å²) in [7, 11) is 0. The fourth-order valence-electron chi connectivity index (χ4n) is 6.47. The molecule has 162 valence electrons. The van der Waals surface area contributed by atoms with Crippen molar-refractivity contribution in [2.45, 2.75) is 5.41 Å². The van der Waals surface area contributed by atoms with Gasteiger partial charge in [-0.3, -0.25) is 0 Å². The highest BCUT2D eigenvalue weighted by Gasteiger charge is 2.66. The third-order valence-electron chi connectivity index (χ3n) is 8.02. The lowest BCUT2D eigenvalue weighted by atomic mass is 9.82. The zero-order valence-corrected chi connectivity index (χ0v) is 19.0. The largest absolute Gasteiger partial charge is 0.0748 e. The van der Waals surface area contributed by atoms with Gasteiger partial charge in [-0.15, -0.1) is 0 Å². The predicted molar refractivity (Wildman–Crippen MR) is 142 cm³/mol. The minimum absolute atomic E-state index is 0.0145. The lowest BCUT2D eigenvalue weighted by Crippen LogP contribution is -2.09. The van der Waals surface area contributed by atoms with Crippen molar-refractivity contribution < 1.29 is 0 Å². The van der Waals surface area contributed by atoms with E-state index in [1.165, 1.54) is 39.0 Å². The van der Waals surface area contributed by atoms with Gasteiger partial charge in [0.1, 0.15) is 0 Å². The van der Waals surface area contributed by atoms with Crippen LogP contribution in [0.5, 0.6) is 0 Å². The van der Waals surface area contributed by atoms with Gasteiger partial charge < -0.3 is 0 Å². The number of hydrogen-bond acceptors (Lipinski definition) is 0. The zero-order chi connectivity index (χ0) is 22.5.